The summed E-state index contributed by atoms with van der Waals surface area (Å²) >= 11 is 3.49. The van der Waals surface area contributed by atoms with Crippen molar-refractivity contribution in [2.45, 2.75) is 39.4 Å². The van der Waals surface area contributed by atoms with Crippen molar-refractivity contribution in [2.24, 2.45) is 0 Å². The average molecular weight is 390 g/mol. The van der Waals surface area contributed by atoms with E-state index in [1.807, 2.05) is 49.4 Å². The predicted molar refractivity (Wildman–Crippen MR) is 97.5 cm³/mol. The Morgan fingerprint density at radius 1 is 1.17 bits per heavy atom. The van der Waals surface area contributed by atoms with E-state index in [0.29, 0.717) is 23.5 Å². The second kappa shape index (κ2) is 7.71. The number of aromatic nitrogens is 1. The van der Waals surface area contributed by atoms with Crippen LogP contribution in [0.2, 0.25) is 0 Å². The van der Waals surface area contributed by atoms with E-state index in [0.717, 1.165) is 22.9 Å². The maximum Gasteiger partial charge on any atom is 0.395 e. The molecule has 4 nitrogen and oxygen atoms in total. The van der Waals surface area contributed by atoms with Crippen LogP contribution in [0.3, 0.4) is 0 Å². The standard InChI is InChI=1S/C19H20BrNO3/c1-3-7-13(2)23-19-21-17-16(11-10-15(20)18(17)24-19)22-12-14-8-5-4-6-9-14/h4-6,8-11,13H,3,7,12H2,1-2H3. The van der Waals surface area contributed by atoms with Crippen LogP contribution < -0.4 is 9.47 Å². The van der Waals surface area contributed by atoms with Crippen LogP contribution in [0.5, 0.6) is 11.8 Å². The number of fused-ring (bicyclic) bond motifs is 1. The van der Waals surface area contributed by atoms with Crippen LogP contribution >= 0.6 is 15.9 Å². The first kappa shape index (κ1) is 16.8. The lowest BCUT2D eigenvalue weighted by molar-refractivity contribution is 0.157. The highest BCUT2D eigenvalue weighted by molar-refractivity contribution is 9.10. The lowest BCUT2D eigenvalue weighted by Gasteiger charge is -2.08. The minimum absolute atomic E-state index is 0.0653. The second-order valence-electron chi connectivity index (χ2n) is 5.69. The van der Waals surface area contributed by atoms with Gasteiger partial charge in [-0.25, -0.2) is 0 Å². The minimum atomic E-state index is 0.0653. The van der Waals surface area contributed by atoms with Crippen molar-refractivity contribution < 1.29 is 13.9 Å². The van der Waals surface area contributed by atoms with Crippen LogP contribution in [0.15, 0.2) is 51.4 Å². The molecule has 0 spiro atoms. The van der Waals surface area contributed by atoms with Gasteiger partial charge in [-0.2, -0.15) is 4.98 Å². The van der Waals surface area contributed by atoms with E-state index in [1.54, 1.807) is 0 Å². The molecule has 3 rings (SSSR count). The van der Waals surface area contributed by atoms with Crippen molar-refractivity contribution >= 4 is 27.0 Å². The van der Waals surface area contributed by atoms with Gasteiger partial charge in [0.25, 0.3) is 0 Å². The monoisotopic (exact) mass is 389 g/mol. The predicted octanol–water partition coefficient (Wildman–Crippen LogP) is 5.74. The number of ether oxygens (including phenoxy) is 2. The number of hydrogen-bond acceptors (Lipinski definition) is 4. The molecule has 0 amide bonds. The molecule has 0 radical (unpaired) electrons. The van der Waals surface area contributed by atoms with E-state index in [1.165, 1.54) is 0 Å². The molecule has 1 atom stereocenters. The van der Waals surface area contributed by atoms with Gasteiger partial charge in [0.05, 0.1) is 4.47 Å². The molecule has 1 heterocycles. The van der Waals surface area contributed by atoms with E-state index in [-0.39, 0.29) is 12.2 Å². The number of benzene rings is 2. The van der Waals surface area contributed by atoms with Crippen LogP contribution in [0.4, 0.5) is 0 Å². The fourth-order valence-corrected chi connectivity index (χ4v) is 2.87. The highest BCUT2D eigenvalue weighted by atomic mass is 79.9. The van der Waals surface area contributed by atoms with Gasteiger partial charge in [0, 0.05) is 0 Å². The average Bonchev–Trinajstić information content (AvgIpc) is 3.00. The van der Waals surface area contributed by atoms with E-state index in [9.17, 15) is 0 Å². The van der Waals surface area contributed by atoms with Crippen molar-refractivity contribution in [1.29, 1.82) is 0 Å². The molecule has 0 aliphatic heterocycles. The molecule has 0 aliphatic carbocycles. The second-order valence-corrected chi connectivity index (χ2v) is 6.55. The van der Waals surface area contributed by atoms with Gasteiger partial charge in [-0.1, -0.05) is 43.7 Å². The summed E-state index contributed by atoms with van der Waals surface area (Å²) in [6.45, 7) is 4.62. The zero-order chi connectivity index (χ0) is 16.9. The summed E-state index contributed by atoms with van der Waals surface area (Å²) in [5, 5.41) is 0. The molecule has 0 saturated carbocycles. The zero-order valence-corrected chi connectivity index (χ0v) is 15.4. The number of nitrogens with zero attached hydrogens (tertiary/aromatic N) is 1. The van der Waals surface area contributed by atoms with Gasteiger partial charge in [-0.05, 0) is 47.0 Å². The van der Waals surface area contributed by atoms with Crippen molar-refractivity contribution in [1.82, 2.24) is 4.98 Å². The Bertz CT molecular complexity index is 801. The van der Waals surface area contributed by atoms with Crippen molar-refractivity contribution in [3.8, 4) is 11.8 Å². The van der Waals surface area contributed by atoms with Crippen LogP contribution in [-0.2, 0) is 6.61 Å². The molecule has 24 heavy (non-hydrogen) atoms. The fourth-order valence-electron chi connectivity index (χ4n) is 2.47. The zero-order valence-electron chi connectivity index (χ0n) is 13.8. The molecule has 0 fully saturated rings. The van der Waals surface area contributed by atoms with Gasteiger partial charge in [0.15, 0.2) is 11.1 Å². The van der Waals surface area contributed by atoms with Gasteiger partial charge >= 0.3 is 6.08 Å². The molecular formula is C19H20BrNO3. The number of oxazole rings is 1. The van der Waals surface area contributed by atoms with Crippen molar-refractivity contribution in [2.75, 3.05) is 0 Å². The smallest absolute Gasteiger partial charge is 0.395 e. The third-order valence-corrected chi connectivity index (χ3v) is 4.30. The summed E-state index contributed by atoms with van der Waals surface area (Å²) in [6.07, 6.45) is 2.35. The highest BCUT2D eigenvalue weighted by Crippen LogP contribution is 2.35. The molecular weight excluding hydrogens is 370 g/mol. The first-order chi connectivity index (χ1) is 11.7. The summed E-state index contributed by atoms with van der Waals surface area (Å²) in [6, 6.07) is 13.8. The number of halogens is 1. The highest BCUT2D eigenvalue weighted by Gasteiger charge is 2.16. The van der Waals surface area contributed by atoms with Crippen LogP contribution in [0, 0.1) is 0 Å². The van der Waals surface area contributed by atoms with Crippen LogP contribution in [-0.4, -0.2) is 11.1 Å². The molecule has 126 valence electrons. The third kappa shape index (κ3) is 3.90. The maximum absolute atomic E-state index is 5.93. The normalized spacial score (nSPS) is 12.3. The van der Waals surface area contributed by atoms with Crippen molar-refractivity contribution in [3.63, 3.8) is 0 Å². The molecule has 0 N–H and O–H groups in total. The Kier molecular flexibility index (Phi) is 5.41. The molecule has 3 aromatic rings. The Hall–Kier alpha value is -2.01. The van der Waals surface area contributed by atoms with Gasteiger partial charge in [-0.15, -0.1) is 0 Å². The quantitative estimate of drug-likeness (QED) is 0.516. The Morgan fingerprint density at radius 3 is 2.71 bits per heavy atom. The largest absolute Gasteiger partial charge is 0.486 e. The van der Waals surface area contributed by atoms with E-state index < -0.39 is 0 Å². The number of rotatable bonds is 7. The van der Waals surface area contributed by atoms with Gasteiger partial charge in [-0.3, -0.25) is 0 Å². The lowest BCUT2D eigenvalue weighted by Crippen LogP contribution is -2.10. The van der Waals surface area contributed by atoms with Crippen LogP contribution in [0.25, 0.3) is 11.1 Å². The van der Waals surface area contributed by atoms with E-state index >= 15 is 0 Å². The topological polar surface area (TPSA) is 44.5 Å². The molecule has 0 aliphatic rings. The first-order valence-electron chi connectivity index (χ1n) is 8.09. The Morgan fingerprint density at radius 2 is 1.96 bits per heavy atom. The van der Waals surface area contributed by atoms with E-state index in [2.05, 4.69) is 27.8 Å². The molecule has 5 heteroatoms. The first-order valence-corrected chi connectivity index (χ1v) is 8.89. The summed E-state index contributed by atoms with van der Waals surface area (Å²) in [7, 11) is 0. The molecule has 1 aromatic heterocycles. The fraction of sp³-hybridized carbons (Fsp3) is 0.316. The summed E-state index contributed by atoms with van der Waals surface area (Å²) in [5.74, 6) is 0.679. The van der Waals surface area contributed by atoms with Gasteiger partial charge in [0.1, 0.15) is 18.5 Å². The Labute approximate surface area is 149 Å². The van der Waals surface area contributed by atoms with Crippen molar-refractivity contribution in [3.05, 3.63) is 52.5 Å². The summed E-state index contributed by atoms with van der Waals surface area (Å²) in [5.41, 5.74) is 2.41. The summed E-state index contributed by atoms with van der Waals surface area (Å²) < 4.78 is 18.3. The number of hydrogen-bond donors (Lipinski definition) is 0. The van der Waals surface area contributed by atoms with Gasteiger partial charge < -0.3 is 13.9 Å². The SMILES string of the molecule is CCCC(C)Oc1nc2c(OCc3ccccc3)ccc(Br)c2o1. The molecule has 0 saturated heterocycles. The lowest BCUT2D eigenvalue weighted by atomic mass is 10.2. The third-order valence-electron chi connectivity index (χ3n) is 3.67. The van der Waals surface area contributed by atoms with E-state index in [4.69, 9.17) is 13.9 Å². The maximum atomic E-state index is 5.93. The molecule has 0 bridgehead atoms. The minimum Gasteiger partial charge on any atom is -0.486 e. The molecule has 2 aromatic carbocycles. The van der Waals surface area contributed by atoms with Crippen LogP contribution in [0.1, 0.15) is 32.3 Å². The molecule has 1 unspecified atom stereocenters. The summed E-state index contributed by atoms with van der Waals surface area (Å²) in [4.78, 5) is 4.46. The van der Waals surface area contributed by atoms with Gasteiger partial charge in [0.2, 0.25) is 0 Å². The Balaban J connectivity index is 1.83.